The molecule has 2 N–H and O–H groups in total. The molecule has 33 heavy (non-hydrogen) atoms. The van der Waals surface area contributed by atoms with Crippen LogP contribution in [0.3, 0.4) is 0 Å². The Balaban J connectivity index is 1.43. The van der Waals surface area contributed by atoms with Gasteiger partial charge < -0.3 is 24.7 Å². The van der Waals surface area contributed by atoms with E-state index in [1.54, 1.807) is 36.3 Å². The molecule has 1 aromatic heterocycles. The first kappa shape index (κ1) is 22.2. The van der Waals surface area contributed by atoms with Crippen LogP contribution in [-0.4, -0.2) is 43.5 Å². The molecule has 4 aromatic rings. The molecule has 7 nitrogen and oxygen atoms in total. The molecule has 0 bridgehead atoms. The Kier molecular flexibility index (Phi) is 6.49. The maximum Gasteiger partial charge on any atom is 0.253 e. The van der Waals surface area contributed by atoms with E-state index in [1.165, 1.54) is 0 Å². The molecule has 0 fully saturated rings. The van der Waals surface area contributed by atoms with Gasteiger partial charge in [0.15, 0.2) is 0 Å². The highest BCUT2D eigenvalue weighted by molar-refractivity contribution is 6.07. The lowest BCUT2D eigenvalue weighted by Crippen LogP contribution is -2.30. The molecule has 0 aliphatic carbocycles. The van der Waals surface area contributed by atoms with Gasteiger partial charge in [-0.15, -0.1) is 0 Å². The molecule has 0 saturated carbocycles. The van der Waals surface area contributed by atoms with Crippen molar-refractivity contribution in [3.63, 3.8) is 0 Å². The number of hydrogen-bond donors (Lipinski definition) is 2. The highest BCUT2D eigenvalue weighted by Crippen LogP contribution is 2.36. The summed E-state index contributed by atoms with van der Waals surface area (Å²) in [6, 6.07) is 18.5. The van der Waals surface area contributed by atoms with E-state index in [0.717, 1.165) is 16.4 Å². The number of anilines is 2. The van der Waals surface area contributed by atoms with Crippen molar-refractivity contribution < 1.29 is 18.7 Å². The third-order valence-electron chi connectivity index (χ3n) is 5.60. The number of fused-ring (bicyclic) bond motifs is 3. The number of benzene rings is 3. The third-order valence-corrected chi connectivity index (χ3v) is 5.60. The zero-order valence-electron chi connectivity index (χ0n) is 19.0. The van der Waals surface area contributed by atoms with Gasteiger partial charge in [0.25, 0.3) is 5.91 Å². The summed E-state index contributed by atoms with van der Waals surface area (Å²) in [5, 5.41) is 7.93. The van der Waals surface area contributed by atoms with Gasteiger partial charge in [-0.1, -0.05) is 18.2 Å². The maximum atomic E-state index is 12.5. The van der Waals surface area contributed by atoms with E-state index in [2.05, 4.69) is 10.6 Å². The normalized spacial score (nSPS) is 10.9. The number of carbonyl (C=O) groups is 2. The van der Waals surface area contributed by atoms with Crippen LogP contribution in [0.15, 0.2) is 65.1 Å². The molecule has 3 aromatic carbocycles. The van der Waals surface area contributed by atoms with Crippen LogP contribution in [0.2, 0.25) is 0 Å². The van der Waals surface area contributed by atoms with E-state index in [1.807, 2.05) is 50.2 Å². The van der Waals surface area contributed by atoms with Crippen LogP contribution in [0.4, 0.5) is 11.4 Å². The Morgan fingerprint density at radius 3 is 2.36 bits per heavy atom. The zero-order valence-corrected chi connectivity index (χ0v) is 19.0. The van der Waals surface area contributed by atoms with E-state index >= 15 is 0 Å². The van der Waals surface area contributed by atoms with Gasteiger partial charge >= 0.3 is 0 Å². The summed E-state index contributed by atoms with van der Waals surface area (Å²) in [6.45, 7) is 5.25. The topological polar surface area (TPSA) is 83.8 Å². The van der Waals surface area contributed by atoms with E-state index in [-0.39, 0.29) is 18.4 Å². The van der Waals surface area contributed by atoms with Crippen molar-refractivity contribution in [1.82, 2.24) is 4.90 Å². The molecule has 7 heteroatoms. The van der Waals surface area contributed by atoms with Crippen LogP contribution in [0, 0.1) is 0 Å². The Morgan fingerprint density at radius 1 is 0.939 bits per heavy atom. The SMILES string of the molecule is CCN(CC)C(=O)c1ccc(NC(=O)CNc2cc3oc4ccccc4c3cc2OC)cc1. The Morgan fingerprint density at radius 2 is 1.67 bits per heavy atom. The second kappa shape index (κ2) is 9.65. The van der Waals surface area contributed by atoms with Gasteiger partial charge in [0.05, 0.1) is 19.3 Å². The van der Waals surface area contributed by atoms with Gasteiger partial charge in [0, 0.05) is 41.2 Å². The second-order valence-corrected chi connectivity index (χ2v) is 7.60. The van der Waals surface area contributed by atoms with Crippen molar-refractivity contribution in [2.75, 3.05) is 37.4 Å². The van der Waals surface area contributed by atoms with Crippen LogP contribution in [0.5, 0.6) is 5.75 Å². The largest absolute Gasteiger partial charge is 0.495 e. The first-order valence-corrected chi connectivity index (χ1v) is 11.0. The predicted molar refractivity (Wildman–Crippen MR) is 131 cm³/mol. The number of furan rings is 1. The van der Waals surface area contributed by atoms with Crippen LogP contribution in [0.1, 0.15) is 24.2 Å². The highest BCUT2D eigenvalue weighted by Gasteiger charge is 2.14. The van der Waals surface area contributed by atoms with Crippen molar-refractivity contribution in [2.24, 2.45) is 0 Å². The molecule has 0 saturated heterocycles. The number of nitrogens with one attached hydrogen (secondary N) is 2. The summed E-state index contributed by atoms with van der Waals surface area (Å²) in [7, 11) is 1.59. The molecule has 0 aliphatic heterocycles. The third kappa shape index (κ3) is 4.62. The average Bonchev–Trinajstić information content (AvgIpc) is 3.20. The fourth-order valence-corrected chi connectivity index (χ4v) is 3.83. The summed E-state index contributed by atoms with van der Waals surface area (Å²) in [5.41, 5.74) is 3.40. The lowest BCUT2D eigenvalue weighted by atomic mass is 10.1. The van der Waals surface area contributed by atoms with E-state index in [9.17, 15) is 9.59 Å². The van der Waals surface area contributed by atoms with E-state index in [0.29, 0.717) is 41.4 Å². The number of rotatable bonds is 8. The molecular weight excluding hydrogens is 418 g/mol. The lowest BCUT2D eigenvalue weighted by Gasteiger charge is -2.18. The number of ether oxygens (including phenoxy) is 1. The van der Waals surface area contributed by atoms with Gasteiger partial charge in [-0.3, -0.25) is 9.59 Å². The summed E-state index contributed by atoms with van der Waals surface area (Å²) in [5.74, 6) is 0.387. The molecule has 170 valence electrons. The smallest absolute Gasteiger partial charge is 0.253 e. The fourth-order valence-electron chi connectivity index (χ4n) is 3.83. The summed E-state index contributed by atoms with van der Waals surface area (Å²) >= 11 is 0. The predicted octanol–water partition coefficient (Wildman–Crippen LogP) is 5.13. The first-order valence-electron chi connectivity index (χ1n) is 11.0. The van der Waals surface area contributed by atoms with Crippen LogP contribution >= 0.6 is 0 Å². The van der Waals surface area contributed by atoms with Crippen molar-refractivity contribution >= 4 is 45.1 Å². The Labute approximate surface area is 192 Å². The number of amides is 2. The molecule has 0 unspecified atom stereocenters. The standard InChI is InChI=1S/C26H27N3O4/c1-4-29(5-2)26(31)17-10-12-18(13-11-17)28-25(30)16-27-21-15-23-20(14-24(21)32-3)19-8-6-7-9-22(19)33-23/h6-15,27H,4-5,16H2,1-3H3,(H,28,30). The number of para-hydroxylation sites is 1. The van der Waals surface area contributed by atoms with Gasteiger partial charge in [0.1, 0.15) is 16.9 Å². The molecule has 1 heterocycles. The van der Waals surface area contributed by atoms with Gasteiger partial charge in [0.2, 0.25) is 5.91 Å². The summed E-state index contributed by atoms with van der Waals surface area (Å²) < 4.78 is 11.5. The maximum absolute atomic E-state index is 12.5. The number of carbonyl (C=O) groups excluding carboxylic acids is 2. The molecule has 0 aliphatic rings. The molecule has 2 amide bonds. The Hall–Kier alpha value is -4.00. The fraction of sp³-hybridized carbons (Fsp3) is 0.231. The minimum absolute atomic E-state index is 0.0207. The molecule has 0 radical (unpaired) electrons. The molecule has 0 spiro atoms. The highest BCUT2D eigenvalue weighted by atomic mass is 16.5. The minimum atomic E-state index is -0.218. The van der Waals surface area contributed by atoms with Crippen molar-refractivity contribution in [3.8, 4) is 5.75 Å². The van der Waals surface area contributed by atoms with Gasteiger partial charge in [-0.05, 0) is 50.2 Å². The number of hydrogen-bond acceptors (Lipinski definition) is 5. The quantitative estimate of drug-likeness (QED) is 0.393. The number of nitrogens with zero attached hydrogens (tertiary/aromatic N) is 1. The van der Waals surface area contributed by atoms with Crippen molar-refractivity contribution in [2.45, 2.75) is 13.8 Å². The van der Waals surface area contributed by atoms with Crippen molar-refractivity contribution in [3.05, 3.63) is 66.2 Å². The molecular formula is C26H27N3O4. The average molecular weight is 446 g/mol. The summed E-state index contributed by atoms with van der Waals surface area (Å²) in [4.78, 5) is 26.7. The van der Waals surface area contributed by atoms with Crippen LogP contribution in [-0.2, 0) is 4.79 Å². The van der Waals surface area contributed by atoms with Crippen molar-refractivity contribution in [1.29, 1.82) is 0 Å². The lowest BCUT2D eigenvalue weighted by molar-refractivity contribution is -0.114. The zero-order chi connectivity index (χ0) is 23.4. The Bertz CT molecular complexity index is 1290. The van der Waals surface area contributed by atoms with Gasteiger partial charge in [-0.25, -0.2) is 0 Å². The number of methoxy groups -OCH3 is 1. The minimum Gasteiger partial charge on any atom is -0.495 e. The molecule has 4 rings (SSSR count). The monoisotopic (exact) mass is 445 g/mol. The first-order chi connectivity index (χ1) is 16.0. The summed E-state index contributed by atoms with van der Waals surface area (Å²) in [6.07, 6.45) is 0. The van der Waals surface area contributed by atoms with E-state index in [4.69, 9.17) is 9.15 Å². The second-order valence-electron chi connectivity index (χ2n) is 7.60. The van der Waals surface area contributed by atoms with E-state index < -0.39 is 0 Å². The van der Waals surface area contributed by atoms with Crippen LogP contribution < -0.4 is 15.4 Å². The van der Waals surface area contributed by atoms with Gasteiger partial charge in [-0.2, -0.15) is 0 Å². The van der Waals surface area contributed by atoms with Crippen LogP contribution in [0.25, 0.3) is 21.9 Å². The molecule has 0 atom stereocenters.